The average molecular weight is 506 g/mol. The Bertz CT molecular complexity index is 1460. The second-order valence-electron chi connectivity index (χ2n) is 8.35. The average Bonchev–Trinajstić information content (AvgIpc) is 3.49. The number of benzene rings is 2. The summed E-state index contributed by atoms with van der Waals surface area (Å²) in [6.07, 6.45) is 3.25. The Labute approximate surface area is 212 Å². The van der Waals surface area contributed by atoms with Gasteiger partial charge in [0.1, 0.15) is 17.1 Å². The number of likely N-dealkylation sites (tertiary alicyclic amines) is 1. The number of nitriles is 1. The van der Waals surface area contributed by atoms with Gasteiger partial charge in [-0.3, -0.25) is 9.48 Å². The third-order valence-electron chi connectivity index (χ3n) is 6.10. The minimum atomic E-state index is -0.360. The largest absolute Gasteiger partial charge is 0.364 e. The van der Waals surface area contributed by atoms with Gasteiger partial charge in [-0.25, -0.2) is 9.97 Å². The van der Waals surface area contributed by atoms with Crippen molar-refractivity contribution in [1.82, 2.24) is 24.6 Å². The Morgan fingerprint density at radius 2 is 2.00 bits per heavy atom. The number of hydrogen-bond donors (Lipinski definition) is 1. The zero-order valence-corrected chi connectivity index (χ0v) is 20.4. The summed E-state index contributed by atoms with van der Waals surface area (Å²) in [5, 5.41) is 18.1. The van der Waals surface area contributed by atoms with Crippen LogP contribution in [0.1, 0.15) is 28.8 Å². The maximum atomic E-state index is 12.9. The van der Waals surface area contributed by atoms with Crippen molar-refractivity contribution in [2.45, 2.75) is 25.4 Å². The Hall–Kier alpha value is -3.67. The number of fused-ring (bicyclic) bond motifs is 1. The predicted molar refractivity (Wildman–Crippen MR) is 135 cm³/mol. The normalized spacial score (nSPS) is 15.4. The molecule has 0 radical (unpaired) electrons. The molecule has 3 heterocycles. The van der Waals surface area contributed by atoms with Crippen LogP contribution in [-0.2, 0) is 13.6 Å². The molecule has 10 heteroatoms. The molecule has 5 rings (SSSR count). The van der Waals surface area contributed by atoms with Crippen LogP contribution in [0.4, 0.5) is 5.82 Å². The highest BCUT2D eigenvalue weighted by molar-refractivity contribution is 6.35. The van der Waals surface area contributed by atoms with Crippen LogP contribution in [-0.4, -0.2) is 43.1 Å². The van der Waals surface area contributed by atoms with E-state index in [1.807, 2.05) is 25.2 Å². The van der Waals surface area contributed by atoms with Gasteiger partial charge < -0.3 is 10.2 Å². The van der Waals surface area contributed by atoms with Gasteiger partial charge in [0.25, 0.3) is 5.91 Å². The van der Waals surface area contributed by atoms with Crippen molar-refractivity contribution in [3.05, 3.63) is 69.8 Å². The fraction of sp³-hybridized carbons (Fsp3) is 0.240. The molecule has 1 atom stereocenters. The van der Waals surface area contributed by atoms with Crippen LogP contribution in [0.15, 0.2) is 48.7 Å². The maximum absolute atomic E-state index is 12.9. The highest BCUT2D eigenvalue weighted by Crippen LogP contribution is 2.27. The Morgan fingerprint density at radius 1 is 1.20 bits per heavy atom. The van der Waals surface area contributed by atoms with Crippen LogP contribution in [0.2, 0.25) is 10.0 Å². The first kappa shape index (κ1) is 23.1. The molecule has 0 bridgehead atoms. The summed E-state index contributed by atoms with van der Waals surface area (Å²) in [6, 6.07) is 14.4. The molecule has 2 aromatic carbocycles. The monoisotopic (exact) mass is 505 g/mol. The minimum Gasteiger partial charge on any atom is -0.364 e. The van der Waals surface area contributed by atoms with Gasteiger partial charge in [-0.2, -0.15) is 10.4 Å². The maximum Gasteiger partial charge on any atom is 0.254 e. The number of anilines is 1. The lowest BCUT2D eigenvalue weighted by molar-refractivity contribution is 0.0765. The molecule has 8 nitrogen and oxygen atoms in total. The molecule has 0 saturated carbocycles. The van der Waals surface area contributed by atoms with Gasteiger partial charge in [0.2, 0.25) is 0 Å². The molecule has 0 aliphatic carbocycles. The van der Waals surface area contributed by atoms with E-state index in [1.54, 1.807) is 40.0 Å². The summed E-state index contributed by atoms with van der Waals surface area (Å²) in [6.45, 7) is 1.04. The van der Waals surface area contributed by atoms with Crippen LogP contribution in [0.5, 0.6) is 0 Å². The number of hydrogen-bond acceptors (Lipinski definition) is 6. The van der Waals surface area contributed by atoms with E-state index in [-0.39, 0.29) is 11.9 Å². The van der Waals surface area contributed by atoms with Crippen molar-refractivity contribution < 1.29 is 4.79 Å². The summed E-state index contributed by atoms with van der Waals surface area (Å²) in [7, 11) is 1.83. The van der Waals surface area contributed by atoms with Crippen LogP contribution < -0.4 is 5.32 Å². The molecule has 0 spiro atoms. The zero-order chi connectivity index (χ0) is 24.5. The van der Waals surface area contributed by atoms with E-state index in [2.05, 4.69) is 21.5 Å². The molecule has 35 heavy (non-hydrogen) atoms. The second kappa shape index (κ2) is 9.53. The molecule has 1 aliphatic heterocycles. The molecular formula is C25H21Cl2N7O. The fourth-order valence-electron chi connectivity index (χ4n) is 4.25. The van der Waals surface area contributed by atoms with E-state index in [9.17, 15) is 10.1 Å². The SMILES string of the molecule is Cn1ncc2nc(-c3ccc(C(=O)N4CCC[C@H]4C#N)cc3)nc(NCc3ccc(Cl)cc3Cl)c21. The number of nitrogens with one attached hydrogen (secondary N) is 1. The van der Waals surface area contributed by atoms with Crippen LogP contribution >= 0.6 is 23.2 Å². The number of nitrogens with zero attached hydrogens (tertiary/aromatic N) is 6. The quantitative estimate of drug-likeness (QED) is 0.406. The first-order valence-electron chi connectivity index (χ1n) is 11.1. The van der Waals surface area contributed by atoms with Crippen molar-refractivity contribution in [2.24, 2.45) is 7.05 Å². The van der Waals surface area contributed by atoms with E-state index in [1.165, 1.54) is 0 Å². The number of rotatable bonds is 5. The van der Waals surface area contributed by atoms with Gasteiger partial charge in [0.15, 0.2) is 11.6 Å². The van der Waals surface area contributed by atoms with Crippen LogP contribution in [0, 0.1) is 11.3 Å². The van der Waals surface area contributed by atoms with E-state index >= 15 is 0 Å². The Balaban J connectivity index is 1.43. The summed E-state index contributed by atoms with van der Waals surface area (Å²) in [5.41, 5.74) is 3.64. The van der Waals surface area contributed by atoms with Crippen molar-refractivity contribution in [1.29, 1.82) is 5.26 Å². The van der Waals surface area contributed by atoms with Gasteiger partial charge in [0.05, 0.1) is 12.3 Å². The highest BCUT2D eigenvalue weighted by Gasteiger charge is 2.29. The number of aryl methyl sites for hydroxylation is 1. The molecule has 1 fully saturated rings. The Morgan fingerprint density at radius 3 is 2.74 bits per heavy atom. The van der Waals surface area contributed by atoms with E-state index in [4.69, 9.17) is 28.2 Å². The molecule has 1 N–H and O–H groups in total. The predicted octanol–water partition coefficient (Wildman–Crippen LogP) is 5.08. The molecule has 1 saturated heterocycles. The zero-order valence-electron chi connectivity index (χ0n) is 18.9. The lowest BCUT2D eigenvalue weighted by atomic mass is 10.1. The summed E-state index contributed by atoms with van der Waals surface area (Å²) in [5.74, 6) is 0.988. The minimum absolute atomic E-state index is 0.133. The fourth-order valence-corrected chi connectivity index (χ4v) is 4.72. The highest BCUT2D eigenvalue weighted by atomic mass is 35.5. The lowest BCUT2D eigenvalue weighted by Gasteiger charge is -2.19. The van der Waals surface area contributed by atoms with Gasteiger partial charge in [-0.05, 0) is 42.7 Å². The van der Waals surface area contributed by atoms with Crippen molar-refractivity contribution in [3.63, 3.8) is 0 Å². The lowest BCUT2D eigenvalue weighted by Crippen LogP contribution is -2.34. The third kappa shape index (κ3) is 4.53. The van der Waals surface area contributed by atoms with Crippen LogP contribution in [0.25, 0.3) is 22.4 Å². The molecule has 0 unspecified atom stereocenters. The number of halogens is 2. The number of amides is 1. The first-order valence-corrected chi connectivity index (χ1v) is 11.9. The number of carbonyl (C=O) groups is 1. The second-order valence-corrected chi connectivity index (χ2v) is 9.19. The summed E-state index contributed by atoms with van der Waals surface area (Å²) < 4.78 is 1.72. The molecule has 4 aromatic rings. The van der Waals surface area contributed by atoms with Crippen LogP contribution in [0.3, 0.4) is 0 Å². The van der Waals surface area contributed by atoms with E-state index < -0.39 is 0 Å². The van der Waals surface area contributed by atoms with Gasteiger partial charge in [-0.15, -0.1) is 0 Å². The first-order chi connectivity index (χ1) is 16.9. The van der Waals surface area contributed by atoms with E-state index in [0.717, 1.165) is 29.5 Å². The van der Waals surface area contributed by atoms with Gasteiger partial charge in [0, 0.05) is 41.3 Å². The summed E-state index contributed by atoms with van der Waals surface area (Å²) >= 11 is 12.3. The molecule has 1 aliphatic rings. The molecule has 2 aromatic heterocycles. The van der Waals surface area contributed by atoms with Gasteiger partial charge in [-0.1, -0.05) is 41.4 Å². The number of carbonyl (C=O) groups excluding carboxylic acids is 1. The smallest absolute Gasteiger partial charge is 0.254 e. The Kier molecular flexibility index (Phi) is 6.29. The standard InChI is InChI=1S/C25H21Cl2N7O/c1-33-22-21(14-30-33)31-23(32-24(22)29-13-17-8-9-18(26)11-20(17)27)15-4-6-16(7-5-15)25(35)34-10-2-3-19(34)12-28/h4-9,11,14,19H,2-3,10,13H2,1H3,(H,29,31,32)/t19-/m0/s1. The number of aromatic nitrogens is 4. The van der Waals surface area contributed by atoms with Gasteiger partial charge >= 0.3 is 0 Å². The van der Waals surface area contributed by atoms with E-state index in [0.29, 0.717) is 45.9 Å². The summed E-state index contributed by atoms with van der Waals surface area (Å²) in [4.78, 5) is 23.9. The van der Waals surface area contributed by atoms with Crippen molar-refractivity contribution >= 4 is 46.0 Å². The molecule has 176 valence electrons. The van der Waals surface area contributed by atoms with Crippen molar-refractivity contribution in [2.75, 3.05) is 11.9 Å². The van der Waals surface area contributed by atoms with Crippen molar-refractivity contribution in [3.8, 4) is 17.5 Å². The molecule has 1 amide bonds. The molecular weight excluding hydrogens is 485 g/mol. The topological polar surface area (TPSA) is 99.7 Å². The third-order valence-corrected chi connectivity index (χ3v) is 6.69.